The van der Waals surface area contributed by atoms with Crippen molar-refractivity contribution in [1.82, 2.24) is 4.57 Å². The highest BCUT2D eigenvalue weighted by atomic mass is 19.1. The SMILES string of the molecule is CCOCCn1c(-c2ccccc2)c(-c2cccc(COc3ccc(CCC(=O)O)c(F)c3)c2)c2ccccc21. The third-order valence-corrected chi connectivity index (χ3v) is 6.94. The van der Waals surface area contributed by atoms with Crippen LogP contribution in [-0.2, 0) is 29.1 Å². The zero-order valence-electron chi connectivity index (χ0n) is 22.5. The van der Waals surface area contributed by atoms with Crippen LogP contribution in [-0.4, -0.2) is 28.9 Å². The van der Waals surface area contributed by atoms with Gasteiger partial charge in [-0.05, 0) is 53.8 Å². The number of hydrogen-bond acceptors (Lipinski definition) is 3. The molecule has 0 bridgehead atoms. The lowest BCUT2D eigenvalue weighted by Crippen LogP contribution is -2.07. The molecule has 1 aromatic heterocycles. The maximum Gasteiger partial charge on any atom is 0.303 e. The summed E-state index contributed by atoms with van der Waals surface area (Å²) in [5.74, 6) is -1.01. The molecule has 6 heteroatoms. The Morgan fingerprint density at radius 1 is 0.900 bits per heavy atom. The average Bonchev–Trinajstić information content (AvgIpc) is 3.30. The Morgan fingerprint density at radius 2 is 1.68 bits per heavy atom. The van der Waals surface area contributed by atoms with Gasteiger partial charge in [-0.2, -0.15) is 0 Å². The number of benzene rings is 4. The van der Waals surface area contributed by atoms with E-state index in [0.29, 0.717) is 24.5 Å². The third kappa shape index (κ3) is 6.08. The molecule has 0 aliphatic rings. The van der Waals surface area contributed by atoms with E-state index in [4.69, 9.17) is 14.6 Å². The molecular weight excluding hydrogens is 505 g/mol. The Labute approximate surface area is 233 Å². The van der Waals surface area contributed by atoms with Crippen LogP contribution in [0.25, 0.3) is 33.3 Å². The smallest absolute Gasteiger partial charge is 0.303 e. The van der Waals surface area contributed by atoms with E-state index < -0.39 is 11.8 Å². The number of carbonyl (C=O) groups is 1. The van der Waals surface area contributed by atoms with Crippen molar-refractivity contribution >= 4 is 16.9 Å². The van der Waals surface area contributed by atoms with Crippen LogP contribution in [0.2, 0.25) is 0 Å². The Kier molecular flexibility index (Phi) is 8.57. The number of carboxylic acids is 1. The number of para-hydroxylation sites is 1. The summed E-state index contributed by atoms with van der Waals surface area (Å²) in [7, 11) is 0. The number of hydrogen-bond donors (Lipinski definition) is 1. The molecule has 0 saturated heterocycles. The monoisotopic (exact) mass is 537 g/mol. The van der Waals surface area contributed by atoms with Crippen molar-refractivity contribution in [2.45, 2.75) is 32.9 Å². The van der Waals surface area contributed by atoms with E-state index in [2.05, 4.69) is 65.2 Å². The summed E-state index contributed by atoms with van der Waals surface area (Å²) < 4.78 is 28.5. The summed E-state index contributed by atoms with van der Waals surface area (Å²) in [5.41, 5.74) is 6.96. The molecule has 4 aromatic carbocycles. The first kappa shape index (κ1) is 27.2. The van der Waals surface area contributed by atoms with E-state index in [1.54, 1.807) is 12.1 Å². The van der Waals surface area contributed by atoms with Crippen molar-refractivity contribution in [3.63, 3.8) is 0 Å². The minimum atomic E-state index is -0.951. The molecule has 204 valence electrons. The molecule has 0 aliphatic heterocycles. The predicted molar refractivity (Wildman–Crippen MR) is 156 cm³/mol. The quantitative estimate of drug-likeness (QED) is 0.165. The van der Waals surface area contributed by atoms with E-state index in [1.165, 1.54) is 6.07 Å². The number of aromatic nitrogens is 1. The van der Waals surface area contributed by atoms with Crippen molar-refractivity contribution in [2.75, 3.05) is 13.2 Å². The van der Waals surface area contributed by atoms with Gasteiger partial charge in [0.05, 0.1) is 12.3 Å². The van der Waals surface area contributed by atoms with Crippen LogP contribution in [0.5, 0.6) is 5.75 Å². The van der Waals surface area contributed by atoms with Gasteiger partial charge in [0.25, 0.3) is 0 Å². The first-order chi connectivity index (χ1) is 19.5. The second-order valence-corrected chi connectivity index (χ2v) is 9.59. The molecule has 0 saturated carbocycles. The number of aliphatic carboxylic acids is 1. The molecule has 5 rings (SSSR count). The van der Waals surface area contributed by atoms with E-state index in [1.807, 2.05) is 25.1 Å². The van der Waals surface area contributed by atoms with Crippen LogP contribution in [0, 0.1) is 5.82 Å². The second kappa shape index (κ2) is 12.6. The molecule has 5 nitrogen and oxygen atoms in total. The lowest BCUT2D eigenvalue weighted by atomic mass is 9.97. The zero-order chi connectivity index (χ0) is 27.9. The van der Waals surface area contributed by atoms with Gasteiger partial charge in [-0.1, -0.05) is 72.8 Å². The number of nitrogens with zero attached hydrogens (tertiary/aromatic N) is 1. The van der Waals surface area contributed by atoms with E-state index in [-0.39, 0.29) is 19.4 Å². The summed E-state index contributed by atoms with van der Waals surface area (Å²) >= 11 is 0. The van der Waals surface area contributed by atoms with Crippen LogP contribution in [0.4, 0.5) is 4.39 Å². The molecule has 40 heavy (non-hydrogen) atoms. The van der Waals surface area contributed by atoms with Crippen LogP contribution in [0.3, 0.4) is 0 Å². The maximum atomic E-state index is 14.5. The van der Waals surface area contributed by atoms with E-state index in [0.717, 1.165) is 45.4 Å². The number of halogens is 1. The van der Waals surface area contributed by atoms with E-state index >= 15 is 0 Å². The van der Waals surface area contributed by atoms with Crippen molar-refractivity contribution in [3.05, 3.63) is 114 Å². The fourth-order valence-electron chi connectivity index (χ4n) is 5.07. The summed E-state index contributed by atoms with van der Waals surface area (Å²) in [5, 5.41) is 10.0. The third-order valence-electron chi connectivity index (χ3n) is 6.94. The standard InChI is InChI=1S/C34H32FNO4/c1-2-39-20-19-36-31-14-7-6-13-29(31)33(34(36)26-10-4-3-5-11-26)27-12-8-9-24(21-27)23-40-28-17-15-25(30(35)22-28)16-18-32(37)38/h3-15,17,21-22H,2,16,18-20,23H2,1H3,(H,37,38). The summed E-state index contributed by atoms with van der Waals surface area (Å²) in [6, 6.07) is 31.7. The molecule has 1 N–H and O–H groups in total. The van der Waals surface area contributed by atoms with Gasteiger partial charge in [0.2, 0.25) is 0 Å². The Balaban J connectivity index is 1.48. The lowest BCUT2D eigenvalue weighted by molar-refractivity contribution is -0.136. The second-order valence-electron chi connectivity index (χ2n) is 9.59. The molecule has 5 aromatic rings. The molecule has 1 heterocycles. The van der Waals surface area contributed by atoms with Gasteiger partial charge in [0, 0.05) is 42.1 Å². The predicted octanol–water partition coefficient (Wildman–Crippen LogP) is 7.75. The van der Waals surface area contributed by atoms with Crippen LogP contribution in [0.15, 0.2) is 97.1 Å². The highest BCUT2D eigenvalue weighted by molar-refractivity contribution is 6.04. The van der Waals surface area contributed by atoms with Gasteiger partial charge in [-0.25, -0.2) is 4.39 Å². The normalized spacial score (nSPS) is 11.2. The van der Waals surface area contributed by atoms with Gasteiger partial charge in [0.1, 0.15) is 18.2 Å². The molecule has 0 fully saturated rings. The van der Waals surface area contributed by atoms with Gasteiger partial charge in [-0.3, -0.25) is 4.79 Å². The minimum Gasteiger partial charge on any atom is -0.489 e. The van der Waals surface area contributed by atoms with Crippen molar-refractivity contribution < 1.29 is 23.8 Å². The van der Waals surface area contributed by atoms with Gasteiger partial charge in [-0.15, -0.1) is 0 Å². The van der Waals surface area contributed by atoms with Crippen LogP contribution >= 0.6 is 0 Å². The molecule has 0 aliphatic carbocycles. The average molecular weight is 538 g/mol. The molecule has 0 amide bonds. The fourth-order valence-corrected chi connectivity index (χ4v) is 5.07. The van der Waals surface area contributed by atoms with Gasteiger partial charge in [0.15, 0.2) is 0 Å². The van der Waals surface area contributed by atoms with Crippen molar-refractivity contribution in [2.24, 2.45) is 0 Å². The lowest BCUT2D eigenvalue weighted by Gasteiger charge is -2.14. The first-order valence-corrected chi connectivity index (χ1v) is 13.5. The number of carboxylic acid groups (broad SMARTS) is 1. The Hall–Kier alpha value is -4.42. The Bertz CT molecular complexity index is 1610. The first-order valence-electron chi connectivity index (χ1n) is 13.5. The number of ether oxygens (including phenoxy) is 2. The van der Waals surface area contributed by atoms with Crippen molar-refractivity contribution in [1.29, 1.82) is 0 Å². The Morgan fingerprint density at radius 3 is 2.45 bits per heavy atom. The largest absolute Gasteiger partial charge is 0.489 e. The fraction of sp³-hybridized carbons (Fsp3) is 0.206. The highest BCUT2D eigenvalue weighted by Gasteiger charge is 2.20. The molecular formula is C34H32FNO4. The topological polar surface area (TPSA) is 60.7 Å². The van der Waals surface area contributed by atoms with Crippen molar-refractivity contribution in [3.8, 4) is 28.1 Å². The van der Waals surface area contributed by atoms with Crippen LogP contribution < -0.4 is 4.74 Å². The molecule has 0 spiro atoms. The zero-order valence-corrected chi connectivity index (χ0v) is 22.5. The van der Waals surface area contributed by atoms with Gasteiger partial charge >= 0.3 is 5.97 Å². The molecule has 0 unspecified atom stereocenters. The number of rotatable bonds is 12. The minimum absolute atomic E-state index is 0.114. The maximum absolute atomic E-state index is 14.5. The molecule has 0 atom stereocenters. The highest BCUT2D eigenvalue weighted by Crippen LogP contribution is 2.41. The summed E-state index contributed by atoms with van der Waals surface area (Å²) in [4.78, 5) is 10.8. The number of aryl methyl sites for hydroxylation is 1. The van der Waals surface area contributed by atoms with Gasteiger partial charge < -0.3 is 19.1 Å². The van der Waals surface area contributed by atoms with E-state index in [9.17, 15) is 9.18 Å². The summed E-state index contributed by atoms with van der Waals surface area (Å²) in [6.45, 7) is 4.30. The number of fused-ring (bicyclic) bond motifs is 1. The summed E-state index contributed by atoms with van der Waals surface area (Å²) in [6.07, 6.45) is 0.0301. The van der Waals surface area contributed by atoms with Crippen LogP contribution in [0.1, 0.15) is 24.5 Å². The molecule has 0 radical (unpaired) electrons.